The van der Waals surface area contributed by atoms with Crippen molar-refractivity contribution < 1.29 is 13.9 Å². The average Bonchev–Trinajstić information content (AvgIpc) is 2.53. The fourth-order valence-electron chi connectivity index (χ4n) is 1.78. The Bertz CT molecular complexity index is 746. The molecule has 22 heavy (non-hydrogen) atoms. The zero-order valence-electron chi connectivity index (χ0n) is 11.8. The highest BCUT2D eigenvalue weighted by Gasteiger charge is 2.09. The number of nitriles is 1. The standard InChI is InChI=1S/C17H13FN2O2/c1-22-16-7-5-12(6-8-16)9-13(11-19)17(21)20-15-4-2-3-14(18)10-15/h2-10H,1H3,(H,20,21). The molecule has 0 saturated carbocycles. The molecule has 4 nitrogen and oxygen atoms in total. The Morgan fingerprint density at radius 1 is 1.27 bits per heavy atom. The van der Waals surface area contributed by atoms with Crippen molar-refractivity contribution in [2.45, 2.75) is 0 Å². The molecule has 0 unspecified atom stereocenters. The topological polar surface area (TPSA) is 62.1 Å². The molecule has 2 rings (SSSR count). The van der Waals surface area contributed by atoms with Crippen molar-refractivity contribution in [2.24, 2.45) is 0 Å². The van der Waals surface area contributed by atoms with Gasteiger partial charge < -0.3 is 10.1 Å². The predicted octanol–water partition coefficient (Wildman–Crippen LogP) is 3.38. The number of amides is 1. The van der Waals surface area contributed by atoms with Gasteiger partial charge in [-0.15, -0.1) is 0 Å². The van der Waals surface area contributed by atoms with E-state index in [9.17, 15) is 9.18 Å². The molecule has 1 amide bonds. The average molecular weight is 296 g/mol. The fourth-order valence-corrected chi connectivity index (χ4v) is 1.78. The molecule has 0 aliphatic rings. The van der Waals surface area contributed by atoms with Crippen LogP contribution >= 0.6 is 0 Å². The summed E-state index contributed by atoms with van der Waals surface area (Å²) < 4.78 is 18.1. The molecular formula is C17H13FN2O2. The van der Waals surface area contributed by atoms with E-state index < -0.39 is 11.7 Å². The molecule has 0 bridgehead atoms. The molecule has 110 valence electrons. The van der Waals surface area contributed by atoms with Gasteiger partial charge >= 0.3 is 0 Å². The molecule has 0 atom stereocenters. The lowest BCUT2D eigenvalue weighted by molar-refractivity contribution is -0.112. The molecule has 0 spiro atoms. The lowest BCUT2D eigenvalue weighted by Crippen LogP contribution is -2.13. The number of hydrogen-bond acceptors (Lipinski definition) is 3. The van der Waals surface area contributed by atoms with Gasteiger partial charge in [-0.25, -0.2) is 4.39 Å². The summed E-state index contributed by atoms with van der Waals surface area (Å²) in [4.78, 5) is 12.0. The van der Waals surface area contributed by atoms with Gasteiger partial charge in [-0.1, -0.05) is 18.2 Å². The van der Waals surface area contributed by atoms with Crippen LogP contribution < -0.4 is 10.1 Å². The molecule has 0 aromatic heterocycles. The number of hydrogen-bond donors (Lipinski definition) is 1. The van der Waals surface area contributed by atoms with E-state index in [0.717, 1.165) is 0 Å². The first kappa shape index (κ1) is 15.3. The first-order chi connectivity index (χ1) is 10.6. The van der Waals surface area contributed by atoms with E-state index in [0.29, 0.717) is 17.0 Å². The van der Waals surface area contributed by atoms with Crippen LogP contribution in [0.15, 0.2) is 54.1 Å². The van der Waals surface area contributed by atoms with Crippen LogP contribution in [0.3, 0.4) is 0 Å². The minimum atomic E-state index is -0.594. The minimum Gasteiger partial charge on any atom is -0.497 e. The van der Waals surface area contributed by atoms with Gasteiger partial charge in [0.15, 0.2) is 0 Å². The smallest absolute Gasteiger partial charge is 0.266 e. The molecule has 2 aromatic carbocycles. The Hall–Kier alpha value is -3.13. The molecule has 0 fully saturated rings. The van der Waals surface area contributed by atoms with Crippen molar-refractivity contribution in [3.05, 3.63) is 65.5 Å². The maximum atomic E-state index is 13.1. The quantitative estimate of drug-likeness (QED) is 0.695. The van der Waals surface area contributed by atoms with Crippen LogP contribution in [-0.2, 0) is 4.79 Å². The van der Waals surface area contributed by atoms with Crippen molar-refractivity contribution >= 4 is 17.7 Å². The third-order valence-electron chi connectivity index (χ3n) is 2.87. The molecule has 0 aliphatic carbocycles. The van der Waals surface area contributed by atoms with Gasteiger partial charge in [0.25, 0.3) is 5.91 Å². The number of ether oxygens (including phenoxy) is 1. The lowest BCUT2D eigenvalue weighted by atomic mass is 10.1. The second-order valence-corrected chi connectivity index (χ2v) is 4.41. The van der Waals surface area contributed by atoms with Gasteiger partial charge in [-0.2, -0.15) is 5.26 Å². The Kier molecular flexibility index (Phi) is 4.89. The Labute approximate surface area is 127 Å². The van der Waals surface area contributed by atoms with Gasteiger partial charge in [-0.05, 0) is 42.0 Å². The van der Waals surface area contributed by atoms with Gasteiger partial charge in [-0.3, -0.25) is 4.79 Å². The van der Waals surface area contributed by atoms with E-state index in [1.54, 1.807) is 37.4 Å². The van der Waals surface area contributed by atoms with Crippen LogP contribution in [0.4, 0.5) is 10.1 Å². The van der Waals surface area contributed by atoms with E-state index in [1.807, 2.05) is 6.07 Å². The van der Waals surface area contributed by atoms with Gasteiger partial charge in [0, 0.05) is 5.69 Å². The lowest BCUT2D eigenvalue weighted by Gasteiger charge is -2.04. The van der Waals surface area contributed by atoms with Gasteiger partial charge in [0.2, 0.25) is 0 Å². The molecule has 0 heterocycles. The van der Waals surface area contributed by atoms with Crippen molar-refractivity contribution in [2.75, 3.05) is 12.4 Å². The van der Waals surface area contributed by atoms with Crippen LogP contribution in [0.1, 0.15) is 5.56 Å². The minimum absolute atomic E-state index is 0.0746. The number of anilines is 1. The van der Waals surface area contributed by atoms with Crippen molar-refractivity contribution in [1.29, 1.82) is 5.26 Å². The number of nitrogens with zero attached hydrogens (tertiary/aromatic N) is 1. The van der Waals surface area contributed by atoms with Gasteiger partial charge in [0.05, 0.1) is 7.11 Å². The highest BCUT2D eigenvalue weighted by Crippen LogP contribution is 2.15. The molecular weight excluding hydrogens is 283 g/mol. The highest BCUT2D eigenvalue weighted by atomic mass is 19.1. The zero-order valence-corrected chi connectivity index (χ0v) is 11.8. The maximum Gasteiger partial charge on any atom is 0.266 e. The Morgan fingerprint density at radius 3 is 2.59 bits per heavy atom. The fraction of sp³-hybridized carbons (Fsp3) is 0.0588. The highest BCUT2D eigenvalue weighted by molar-refractivity contribution is 6.09. The second-order valence-electron chi connectivity index (χ2n) is 4.41. The van der Waals surface area contributed by atoms with Crippen LogP contribution in [0.25, 0.3) is 6.08 Å². The number of carbonyl (C=O) groups excluding carboxylic acids is 1. The molecule has 0 aliphatic heterocycles. The van der Waals surface area contributed by atoms with Crippen LogP contribution in [0.2, 0.25) is 0 Å². The van der Waals surface area contributed by atoms with E-state index in [4.69, 9.17) is 10.00 Å². The van der Waals surface area contributed by atoms with E-state index in [1.165, 1.54) is 24.3 Å². The summed E-state index contributed by atoms with van der Waals surface area (Å²) in [5.41, 5.74) is 0.905. The van der Waals surface area contributed by atoms with E-state index in [-0.39, 0.29) is 5.57 Å². The first-order valence-electron chi connectivity index (χ1n) is 6.45. The first-order valence-corrected chi connectivity index (χ1v) is 6.45. The second kappa shape index (κ2) is 7.04. The molecule has 0 saturated heterocycles. The summed E-state index contributed by atoms with van der Waals surface area (Å²) in [6, 6.07) is 14.2. The number of benzene rings is 2. The SMILES string of the molecule is COc1ccc(C=C(C#N)C(=O)Nc2cccc(F)c2)cc1. The summed E-state index contributed by atoms with van der Waals surface area (Å²) in [7, 11) is 1.55. The predicted molar refractivity (Wildman–Crippen MR) is 81.6 cm³/mol. The Morgan fingerprint density at radius 2 is 2.00 bits per heavy atom. The van der Waals surface area contributed by atoms with Crippen molar-refractivity contribution in [3.8, 4) is 11.8 Å². The number of halogens is 1. The van der Waals surface area contributed by atoms with Crippen molar-refractivity contribution in [1.82, 2.24) is 0 Å². The van der Waals surface area contributed by atoms with Crippen LogP contribution in [-0.4, -0.2) is 13.0 Å². The van der Waals surface area contributed by atoms with E-state index in [2.05, 4.69) is 5.32 Å². The summed E-state index contributed by atoms with van der Waals surface area (Å²) in [6.07, 6.45) is 1.45. The molecule has 1 N–H and O–H groups in total. The van der Waals surface area contributed by atoms with E-state index >= 15 is 0 Å². The molecule has 5 heteroatoms. The number of nitrogens with one attached hydrogen (secondary N) is 1. The van der Waals surface area contributed by atoms with Gasteiger partial charge in [0.1, 0.15) is 23.2 Å². The third kappa shape index (κ3) is 3.93. The normalized spacial score (nSPS) is 10.7. The molecule has 0 radical (unpaired) electrons. The Balaban J connectivity index is 2.17. The number of methoxy groups -OCH3 is 1. The summed E-state index contributed by atoms with van der Waals surface area (Å²) in [6.45, 7) is 0. The third-order valence-corrected chi connectivity index (χ3v) is 2.87. The monoisotopic (exact) mass is 296 g/mol. The summed E-state index contributed by atoms with van der Waals surface area (Å²) in [5.74, 6) is -0.376. The summed E-state index contributed by atoms with van der Waals surface area (Å²) in [5, 5.41) is 11.6. The number of carbonyl (C=O) groups is 1. The summed E-state index contributed by atoms with van der Waals surface area (Å²) >= 11 is 0. The number of rotatable bonds is 4. The van der Waals surface area contributed by atoms with Crippen LogP contribution in [0.5, 0.6) is 5.75 Å². The van der Waals surface area contributed by atoms with Crippen molar-refractivity contribution in [3.63, 3.8) is 0 Å². The largest absolute Gasteiger partial charge is 0.497 e. The van der Waals surface area contributed by atoms with Crippen LogP contribution in [0, 0.1) is 17.1 Å². The maximum absolute atomic E-state index is 13.1. The zero-order chi connectivity index (χ0) is 15.9. The molecule has 2 aromatic rings.